The van der Waals surface area contributed by atoms with Gasteiger partial charge in [0.15, 0.2) is 0 Å². The lowest BCUT2D eigenvalue weighted by molar-refractivity contribution is 0.582. The third-order valence-electron chi connectivity index (χ3n) is 2.51. The molecule has 1 fully saturated rings. The van der Waals surface area contributed by atoms with E-state index in [1.807, 2.05) is 6.20 Å². The van der Waals surface area contributed by atoms with Crippen LogP contribution in [0.3, 0.4) is 0 Å². The maximum absolute atomic E-state index is 4.55. The fraction of sp³-hybridized carbons (Fsp3) is 0.600. The zero-order valence-corrected chi connectivity index (χ0v) is 10.4. The van der Waals surface area contributed by atoms with E-state index in [-0.39, 0.29) is 0 Å². The molecule has 1 aliphatic rings. The monoisotopic (exact) mass is 270 g/mol. The summed E-state index contributed by atoms with van der Waals surface area (Å²) in [5.74, 6) is 1.94. The van der Waals surface area contributed by atoms with Crippen LogP contribution in [0.5, 0.6) is 0 Å². The molecule has 0 amide bonds. The third-order valence-corrected chi connectivity index (χ3v) is 3.07. The van der Waals surface area contributed by atoms with Crippen molar-refractivity contribution in [3.63, 3.8) is 0 Å². The van der Waals surface area contributed by atoms with Crippen molar-refractivity contribution in [3.8, 4) is 0 Å². The van der Waals surface area contributed by atoms with E-state index in [9.17, 15) is 0 Å². The number of nitrogens with one attached hydrogen (secondary N) is 1. The second-order valence-corrected chi connectivity index (χ2v) is 4.40. The molecule has 2 rings (SSSR count). The molecule has 0 unspecified atom stereocenters. The van der Waals surface area contributed by atoms with Gasteiger partial charge < -0.3 is 10.2 Å². The second-order valence-electron chi connectivity index (χ2n) is 3.55. The molecule has 1 saturated heterocycles. The van der Waals surface area contributed by atoms with Crippen LogP contribution < -0.4 is 10.2 Å². The van der Waals surface area contributed by atoms with Gasteiger partial charge in [0.05, 0.1) is 4.47 Å². The number of aromatic nitrogens is 2. The molecular formula is C10H15BrN4. The van der Waals surface area contributed by atoms with Crippen molar-refractivity contribution in [1.29, 1.82) is 0 Å². The minimum absolute atomic E-state index is 0.881. The number of nitrogens with zero attached hydrogens (tertiary/aromatic N) is 3. The summed E-state index contributed by atoms with van der Waals surface area (Å²) < 4.78 is 0.988. The molecule has 2 heterocycles. The van der Waals surface area contributed by atoms with Crippen LogP contribution in [0.25, 0.3) is 0 Å². The van der Waals surface area contributed by atoms with Crippen molar-refractivity contribution in [3.05, 3.63) is 16.5 Å². The van der Waals surface area contributed by atoms with E-state index < -0.39 is 0 Å². The normalized spacial score (nSPS) is 16.8. The van der Waals surface area contributed by atoms with Gasteiger partial charge in [0.25, 0.3) is 0 Å². The number of hydrogen-bond donors (Lipinski definition) is 1. The molecule has 1 aliphatic heterocycles. The minimum atomic E-state index is 0.881. The Morgan fingerprint density at radius 2 is 2.20 bits per heavy atom. The minimum Gasteiger partial charge on any atom is -0.353 e. The van der Waals surface area contributed by atoms with E-state index in [4.69, 9.17) is 0 Å². The van der Waals surface area contributed by atoms with Crippen molar-refractivity contribution in [2.75, 3.05) is 31.1 Å². The average molecular weight is 271 g/mol. The first-order valence-electron chi connectivity index (χ1n) is 5.28. The summed E-state index contributed by atoms with van der Waals surface area (Å²) in [6, 6.07) is 0. The number of piperazine rings is 1. The first-order chi connectivity index (χ1) is 7.31. The Kier molecular flexibility index (Phi) is 3.53. The zero-order valence-electron chi connectivity index (χ0n) is 8.83. The van der Waals surface area contributed by atoms with Crippen LogP contribution in [0.15, 0.2) is 10.7 Å². The lowest BCUT2D eigenvalue weighted by Crippen LogP contribution is -2.44. The third kappa shape index (κ3) is 2.46. The van der Waals surface area contributed by atoms with Crippen LogP contribution in [0.1, 0.15) is 12.7 Å². The first-order valence-corrected chi connectivity index (χ1v) is 6.07. The van der Waals surface area contributed by atoms with Gasteiger partial charge in [-0.1, -0.05) is 6.92 Å². The molecule has 0 bridgehead atoms. The summed E-state index contributed by atoms with van der Waals surface area (Å²) >= 11 is 3.51. The van der Waals surface area contributed by atoms with Gasteiger partial charge in [0.2, 0.25) is 0 Å². The molecular weight excluding hydrogens is 256 g/mol. The predicted molar refractivity (Wildman–Crippen MR) is 64.2 cm³/mol. The van der Waals surface area contributed by atoms with Crippen LogP contribution in [-0.2, 0) is 6.42 Å². The SMILES string of the molecule is CCc1ncc(Br)c(N2CCNCC2)n1. The molecule has 5 heteroatoms. The highest BCUT2D eigenvalue weighted by atomic mass is 79.9. The summed E-state index contributed by atoms with van der Waals surface area (Å²) in [7, 11) is 0. The van der Waals surface area contributed by atoms with E-state index in [1.54, 1.807) is 0 Å². The molecule has 4 nitrogen and oxygen atoms in total. The van der Waals surface area contributed by atoms with Crippen molar-refractivity contribution >= 4 is 21.7 Å². The second kappa shape index (κ2) is 4.90. The standard InChI is InChI=1S/C10H15BrN4/c1-2-9-13-7-8(11)10(14-9)15-5-3-12-4-6-15/h7,12H,2-6H2,1H3. The van der Waals surface area contributed by atoms with Crippen molar-refractivity contribution in [1.82, 2.24) is 15.3 Å². The summed E-state index contributed by atoms with van der Waals surface area (Å²) in [5, 5.41) is 3.33. The zero-order chi connectivity index (χ0) is 10.7. The number of hydrogen-bond acceptors (Lipinski definition) is 4. The molecule has 15 heavy (non-hydrogen) atoms. The Bertz CT molecular complexity index is 336. The highest BCUT2D eigenvalue weighted by molar-refractivity contribution is 9.10. The molecule has 1 N–H and O–H groups in total. The maximum atomic E-state index is 4.55. The van der Waals surface area contributed by atoms with Gasteiger partial charge in [-0.3, -0.25) is 0 Å². The van der Waals surface area contributed by atoms with Crippen LogP contribution in [-0.4, -0.2) is 36.1 Å². The van der Waals surface area contributed by atoms with Gasteiger partial charge in [0, 0.05) is 38.8 Å². The molecule has 0 saturated carbocycles. The van der Waals surface area contributed by atoms with E-state index >= 15 is 0 Å². The average Bonchev–Trinajstić information content (AvgIpc) is 2.31. The Hall–Kier alpha value is -0.680. The highest BCUT2D eigenvalue weighted by Crippen LogP contribution is 2.23. The molecule has 1 aromatic rings. The van der Waals surface area contributed by atoms with Gasteiger partial charge in [-0.2, -0.15) is 0 Å². The number of rotatable bonds is 2. The van der Waals surface area contributed by atoms with Crippen LogP contribution in [0, 0.1) is 0 Å². The fourth-order valence-electron chi connectivity index (χ4n) is 1.66. The summed E-state index contributed by atoms with van der Waals surface area (Å²) in [4.78, 5) is 11.1. The summed E-state index contributed by atoms with van der Waals surface area (Å²) in [5.41, 5.74) is 0. The van der Waals surface area contributed by atoms with Crippen molar-refractivity contribution in [2.45, 2.75) is 13.3 Å². The molecule has 82 valence electrons. The summed E-state index contributed by atoms with van der Waals surface area (Å²) in [6.45, 7) is 6.15. The van der Waals surface area contributed by atoms with Crippen LogP contribution in [0.2, 0.25) is 0 Å². The Labute approximate surface area is 98.2 Å². The lowest BCUT2D eigenvalue weighted by Gasteiger charge is -2.29. The van der Waals surface area contributed by atoms with Crippen LogP contribution in [0.4, 0.5) is 5.82 Å². The van der Waals surface area contributed by atoms with E-state index in [0.717, 1.165) is 48.7 Å². The van der Waals surface area contributed by atoms with Gasteiger partial charge in [-0.05, 0) is 15.9 Å². The van der Waals surface area contributed by atoms with E-state index in [0.29, 0.717) is 0 Å². The van der Waals surface area contributed by atoms with Gasteiger partial charge in [0.1, 0.15) is 11.6 Å². The molecule has 0 spiro atoms. The molecule has 0 aromatic carbocycles. The predicted octanol–water partition coefficient (Wildman–Crippen LogP) is 1.21. The van der Waals surface area contributed by atoms with E-state index in [1.165, 1.54) is 0 Å². The number of anilines is 1. The van der Waals surface area contributed by atoms with Gasteiger partial charge in [-0.25, -0.2) is 9.97 Å². The molecule has 0 radical (unpaired) electrons. The smallest absolute Gasteiger partial charge is 0.146 e. The topological polar surface area (TPSA) is 41.1 Å². The fourth-order valence-corrected chi connectivity index (χ4v) is 2.10. The largest absolute Gasteiger partial charge is 0.353 e. The molecule has 0 aliphatic carbocycles. The van der Waals surface area contributed by atoms with Crippen molar-refractivity contribution < 1.29 is 0 Å². The Morgan fingerprint density at radius 3 is 2.87 bits per heavy atom. The highest BCUT2D eigenvalue weighted by Gasteiger charge is 2.15. The lowest BCUT2D eigenvalue weighted by atomic mass is 10.3. The van der Waals surface area contributed by atoms with Crippen molar-refractivity contribution in [2.24, 2.45) is 0 Å². The first kappa shape index (κ1) is 10.8. The van der Waals surface area contributed by atoms with Crippen LogP contribution >= 0.6 is 15.9 Å². The molecule has 0 atom stereocenters. The van der Waals surface area contributed by atoms with Gasteiger partial charge in [-0.15, -0.1) is 0 Å². The quantitative estimate of drug-likeness (QED) is 0.878. The Balaban J connectivity index is 2.24. The van der Waals surface area contributed by atoms with Gasteiger partial charge >= 0.3 is 0 Å². The molecule has 1 aromatic heterocycles. The van der Waals surface area contributed by atoms with E-state index in [2.05, 4.69) is 43.0 Å². The summed E-state index contributed by atoms with van der Waals surface area (Å²) in [6.07, 6.45) is 2.73. The Morgan fingerprint density at radius 1 is 1.47 bits per heavy atom. The number of halogens is 1. The maximum Gasteiger partial charge on any atom is 0.146 e. The number of aryl methyl sites for hydroxylation is 1.